The van der Waals surface area contributed by atoms with Gasteiger partial charge < -0.3 is 18.3 Å². The van der Waals surface area contributed by atoms with Crippen LogP contribution in [0.4, 0.5) is 0 Å². The number of benzene rings is 2. The second-order valence-corrected chi connectivity index (χ2v) is 5.69. The molecule has 26 heavy (non-hydrogen) atoms. The van der Waals surface area contributed by atoms with Crippen LogP contribution >= 0.6 is 0 Å². The maximum Gasteiger partial charge on any atom is 0.206 e. The first-order valence-corrected chi connectivity index (χ1v) is 8.05. The van der Waals surface area contributed by atoms with Crippen molar-refractivity contribution in [3.63, 3.8) is 0 Å². The zero-order valence-electron chi connectivity index (χ0n) is 14.3. The first kappa shape index (κ1) is 16.0. The van der Waals surface area contributed by atoms with Gasteiger partial charge in [0.25, 0.3) is 0 Å². The van der Waals surface area contributed by atoms with Crippen LogP contribution in [0.2, 0.25) is 0 Å². The number of methoxy groups -OCH3 is 2. The Hall–Kier alpha value is -3.47. The molecule has 0 aliphatic carbocycles. The van der Waals surface area contributed by atoms with Gasteiger partial charge in [-0.25, -0.2) is 0 Å². The smallest absolute Gasteiger partial charge is 0.206 e. The molecule has 0 fully saturated rings. The second-order valence-electron chi connectivity index (χ2n) is 5.69. The molecular formula is C21H16O5. The minimum atomic E-state index is -0.211. The van der Waals surface area contributed by atoms with Crippen molar-refractivity contribution >= 4 is 34.1 Å². The zero-order chi connectivity index (χ0) is 18.1. The first-order valence-electron chi connectivity index (χ1n) is 8.05. The Balaban J connectivity index is 1.98. The van der Waals surface area contributed by atoms with Crippen LogP contribution in [0.25, 0.3) is 34.1 Å². The van der Waals surface area contributed by atoms with Crippen LogP contribution in [-0.4, -0.2) is 14.2 Å². The van der Waals surface area contributed by atoms with Crippen molar-refractivity contribution in [3.05, 3.63) is 70.3 Å². The van der Waals surface area contributed by atoms with Gasteiger partial charge in [0, 0.05) is 6.07 Å². The highest BCUT2D eigenvalue weighted by molar-refractivity contribution is 6.06. The van der Waals surface area contributed by atoms with Gasteiger partial charge in [-0.05, 0) is 17.7 Å². The summed E-state index contributed by atoms with van der Waals surface area (Å²) in [6, 6.07) is 12.9. The molecule has 130 valence electrons. The fourth-order valence-electron chi connectivity index (χ4n) is 3.01. The summed E-state index contributed by atoms with van der Waals surface area (Å²) in [4.78, 5) is 12.8. The second kappa shape index (κ2) is 6.44. The highest BCUT2D eigenvalue weighted by atomic mass is 16.5. The Labute approximate surface area is 149 Å². The monoisotopic (exact) mass is 348 g/mol. The third-order valence-electron chi connectivity index (χ3n) is 4.16. The Bertz CT molecular complexity index is 1170. The van der Waals surface area contributed by atoms with E-state index in [1.165, 1.54) is 26.5 Å². The lowest BCUT2D eigenvalue weighted by Gasteiger charge is -2.10. The van der Waals surface area contributed by atoms with Gasteiger partial charge in [0.1, 0.15) is 16.9 Å². The third-order valence-corrected chi connectivity index (χ3v) is 4.16. The van der Waals surface area contributed by atoms with Crippen molar-refractivity contribution in [1.29, 1.82) is 0 Å². The maximum atomic E-state index is 12.8. The van der Waals surface area contributed by atoms with Crippen molar-refractivity contribution in [2.24, 2.45) is 0 Å². The summed E-state index contributed by atoms with van der Waals surface area (Å²) < 4.78 is 22.4. The molecule has 0 unspecified atom stereocenters. The molecule has 0 saturated heterocycles. The minimum Gasteiger partial charge on any atom is -0.495 e. The van der Waals surface area contributed by atoms with E-state index in [0.717, 1.165) is 5.56 Å². The molecule has 2 aromatic carbocycles. The molecule has 0 radical (unpaired) electrons. The minimum absolute atomic E-state index is 0.211. The van der Waals surface area contributed by atoms with Gasteiger partial charge in [0.15, 0.2) is 16.6 Å². The third kappa shape index (κ3) is 2.54. The summed E-state index contributed by atoms with van der Waals surface area (Å²) in [5.41, 5.74) is 1.56. The van der Waals surface area contributed by atoms with E-state index in [4.69, 9.17) is 18.3 Å². The Morgan fingerprint density at radius 2 is 1.69 bits per heavy atom. The van der Waals surface area contributed by atoms with Gasteiger partial charge in [0.05, 0.1) is 25.9 Å². The van der Waals surface area contributed by atoms with Crippen molar-refractivity contribution in [3.8, 4) is 11.5 Å². The summed E-state index contributed by atoms with van der Waals surface area (Å²) in [7, 11) is 3.02. The van der Waals surface area contributed by atoms with E-state index in [2.05, 4.69) is 0 Å². The molecule has 0 amide bonds. The summed E-state index contributed by atoms with van der Waals surface area (Å²) in [6.07, 6.45) is 5.14. The fraction of sp³-hybridized carbons (Fsp3) is 0.0952. The average molecular weight is 348 g/mol. The quantitative estimate of drug-likeness (QED) is 0.534. The fourth-order valence-corrected chi connectivity index (χ4v) is 3.01. The number of hydrogen-bond acceptors (Lipinski definition) is 5. The molecule has 0 spiro atoms. The lowest BCUT2D eigenvalue weighted by molar-refractivity contribution is 0.400. The van der Waals surface area contributed by atoms with Gasteiger partial charge >= 0.3 is 0 Å². The van der Waals surface area contributed by atoms with E-state index in [1.807, 2.05) is 36.4 Å². The predicted octanol–water partition coefficient (Wildman–Crippen LogP) is 4.73. The number of ether oxygens (including phenoxy) is 2. The van der Waals surface area contributed by atoms with Crippen LogP contribution in [-0.2, 0) is 0 Å². The summed E-state index contributed by atoms with van der Waals surface area (Å²) in [6.45, 7) is 0. The van der Waals surface area contributed by atoms with Crippen molar-refractivity contribution < 1.29 is 18.3 Å². The Morgan fingerprint density at radius 3 is 2.42 bits per heavy atom. The van der Waals surface area contributed by atoms with Crippen molar-refractivity contribution in [2.45, 2.75) is 0 Å². The molecule has 5 heteroatoms. The number of fused-ring (bicyclic) bond motifs is 2. The highest BCUT2D eigenvalue weighted by Crippen LogP contribution is 2.42. The molecule has 4 rings (SSSR count). The molecule has 0 atom stereocenters. The number of rotatable bonds is 4. The Morgan fingerprint density at radius 1 is 0.923 bits per heavy atom. The average Bonchev–Trinajstić information content (AvgIpc) is 3.14. The van der Waals surface area contributed by atoms with Gasteiger partial charge in [0.2, 0.25) is 5.75 Å². The van der Waals surface area contributed by atoms with Gasteiger partial charge in [-0.1, -0.05) is 36.4 Å². The Kier molecular flexibility index (Phi) is 3.97. The summed E-state index contributed by atoms with van der Waals surface area (Å²) >= 11 is 0. The molecule has 0 bridgehead atoms. The lowest BCUT2D eigenvalue weighted by atomic mass is 10.1. The van der Waals surface area contributed by atoms with Crippen molar-refractivity contribution in [2.75, 3.05) is 14.2 Å². The van der Waals surface area contributed by atoms with E-state index in [1.54, 1.807) is 12.1 Å². The van der Waals surface area contributed by atoms with Crippen molar-refractivity contribution in [1.82, 2.24) is 0 Å². The van der Waals surface area contributed by atoms with E-state index in [-0.39, 0.29) is 5.43 Å². The largest absolute Gasteiger partial charge is 0.495 e. The van der Waals surface area contributed by atoms with Crippen LogP contribution < -0.4 is 14.9 Å². The topological polar surface area (TPSA) is 61.8 Å². The van der Waals surface area contributed by atoms with E-state index < -0.39 is 0 Å². The van der Waals surface area contributed by atoms with Crippen LogP contribution in [0.5, 0.6) is 11.5 Å². The molecule has 0 aliphatic heterocycles. The van der Waals surface area contributed by atoms with Crippen LogP contribution in [0.1, 0.15) is 11.3 Å². The molecule has 4 aromatic rings. The molecular weight excluding hydrogens is 332 g/mol. The highest BCUT2D eigenvalue weighted by Gasteiger charge is 2.22. The van der Waals surface area contributed by atoms with Crippen LogP contribution in [0.15, 0.2) is 62.4 Å². The van der Waals surface area contributed by atoms with E-state index >= 15 is 0 Å². The maximum absolute atomic E-state index is 12.8. The van der Waals surface area contributed by atoms with Gasteiger partial charge in [-0.15, -0.1) is 0 Å². The molecule has 0 aliphatic rings. The summed E-state index contributed by atoms with van der Waals surface area (Å²) in [5.74, 6) is 1.20. The molecule has 2 heterocycles. The SMILES string of the molecule is COc1c2occc2c(OC)c2c(=O)cc(/C=C/c3ccccc3)oc12. The lowest BCUT2D eigenvalue weighted by Crippen LogP contribution is -2.04. The molecule has 0 N–H and O–H groups in total. The normalized spacial score (nSPS) is 11.5. The number of furan rings is 1. The summed E-state index contributed by atoms with van der Waals surface area (Å²) in [5, 5.41) is 0.992. The molecule has 2 aromatic heterocycles. The molecule has 5 nitrogen and oxygen atoms in total. The standard InChI is InChI=1S/C21H16O5/c1-23-18-15-10-11-25-19(15)21(24-2)20-17(18)16(22)12-14(26-20)9-8-13-6-4-3-5-7-13/h3-12H,1-2H3/b9-8+. The number of hydrogen-bond donors (Lipinski definition) is 0. The van der Waals surface area contributed by atoms with Gasteiger partial charge in [-0.3, -0.25) is 4.79 Å². The van der Waals surface area contributed by atoms with E-state index in [9.17, 15) is 4.79 Å². The van der Waals surface area contributed by atoms with Gasteiger partial charge in [-0.2, -0.15) is 0 Å². The van der Waals surface area contributed by atoms with E-state index in [0.29, 0.717) is 39.2 Å². The predicted molar refractivity (Wildman–Crippen MR) is 101 cm³/mol. The molecule has 0 saturated carbocycles. The zero-order valence-corrected chi connectivity index (χ0v) is 14.3. The van der Waals surface area contributed by atoms with Crippen LogP contribution in [0, 0.1) is 0 Å². The van der Waals surface area contributed by atoms with Crippen LogP contribution in [0.3, 0.4) is 0 Å². The first-order chi connectivity index (χ1) is 12.7.